The molecule has 2 rings (SSSR count). The van der Waals surface area contributed by atoms with E-state index >= 15 is 0 Å². The minimum atomic E-state index is -0.172. The lowest BCUT2D eigenvalue weighted by atomic mass is 9.91. The van der Waals surface area contributed by atoms with E-state index in [1.165, 1.54) is 57.1 Å². The minimum absolute atomic E-state index is 0.172. The Labute approximate surface area is 122 Å². The zero-order valence-electron chi connectivity index (χ0n) is 12.6. The maximum atomic E-state index is 12.9. The molecule has 0 N–H and O–H groups in total. The summed E-state index contributed by atoms with van der Waals surface area (Å²) in [6.45, 7) is 3.13. The predicted octanol–water partition coefficient (Wildman–Crippen LogP) is 5.65. The first kappa shape index (κ1) is 15.5. The van der Waals surface area contributed by atoms with Gasteiger partial charge in [-0.05, 0) is 42.9 Å². The average molecular weight is 278 g/mol. The Kier molecular flexibility index (Phi) is 6.52. The van der Waals surface area contributed by atoms with Gasteiger partial charge < -0.3 is 4.74 Å². The quantitative estimate of drug-likeness (QED) is 0.585. The molecule has 0 radical (unpaired) electrons. The van der Waals surface area contributed by atoms with Crippen LogP contribution < -0.4 is 0 Å². The third kappa shape index (κ3) is 4.90. The van der Waals surface area contributed by atoms with E-state index < -0.39 is 0 Å². The molecule has 112 valence electrons. The van der Waals surface area contributed by atoms with E-state index in [0.29, 0.717) is 0 Å². The smallest absolute Gasteiger partial charge is 0.123 e. The van der Waals surface area contributed by atoms with E-state index in [4.69, 9.17) is 4.74 Å². The van der Waals surface area contributed by atoms with E-state index in [-0.39, 0.29) is 11.9 Å². The fourth-order valence-electron chi connectivity index (χ4n) is 3.01. The first-order chi connectivity index (χ1) is 9.79. The Morgan fingerprint density at radius 3 is 2.45 bits per heavy atom. The molecule has 1 saturated heterocycles. The van der Waals surface area contributed by atoms with Crippen molar-refractivity contribution in [1.82, 2.24) is 0 Å². The molecule has 1 aromatic rings. The molecule has 1 aliphatic rings. The summed E-state index contributed by atoms with van der Waals surface area (Å²) in [6, 6.07) is 6.76. The highest BCUT2D eigenvalue weighted by molar-refractivity contribution is 5.19. The van der Waals surface area contributed by atoms with Crippen LogP contribution in [0.4, 0.5) is 4.39 Å². The summed E-state index contributed by atoms with van der Waals surface area (Å²) in [5, 5.41) is 0. The highest BCUT2D eigenvalue weighted by atomic mass is 19.1. The van der Waals surface area contributed by atoms with Crippen LogP contribution in [0.15, 0.2) is 24.3 Å². The summed E-state index contributed by atoms with van der Waals surface area (Å²) in [4.78, 5) is 0. The SMILES string of the molecule is CCCCCCCC1CCC(c2ccc(F)cc2)OC1. The monoisotopic (exact) mass is 278 g/mol. The van der Waals surface area contributed by atoms with Gasteiger partial charge in [-0.2, -0.15) is 0 Å². The van der Waals surface area contributed by atoms with E-state index in [1.807, 2.05) is 12.1 Å². The van der Waals surface area contributed by atoms with Crippen LogP contribution in [0.2, 0.25) is 0 Å². The Morgan fingerprint density at radius 1 is 1.05 bits per heavy atom. The summed E-state index contributed by atoms with van der Waals surface area (Å²) in [7, 11) is 0. The van der Waals surface area contributed by atoms with Gasteiger partial charge in [0.2, 0.25) is 0 Å². The summed E-state index contributed by atoms with van der Waals surface area (Å²) in [5.41, 5.74) is 1.12. The van der Waals surface area contributed by atoms with Crippen LogP contribution in [0.1, 0.15) is 70.0 Å². The number of rotatable bonds is 7. The molecule has 0 aromatic heterocycles. The van der Waals surface area contributed by atoms with Crippen LogP contribution in [0.5, 0.6) is 0 Å². The number of hydrogen-bond donors (Lipinski definition) is 0. The van der Waals surface area contributed by atoms with Crippen LogP contribution in [-0.2, 0) is 4.74 Å². The van der Waals surface area contributed by atoms with Gasteiger partial charge >= 0.3 is 0 Å². The molecule has 1 aromatic carbocycles. The molecule has 0 bridgehead atoms. The minimum Gasteiger partial charge on any atom is -0.373 e. The molecule has 20 heavy (non-hydrogen) atoms. The van der Waals surface area contributed by atoms with E-state index in [2.05, 4.69) is 6.92 Å². The largest absolute Gasteiger partial charge is 0.373 e. The molecule has 1 nitrogen and oxygen atoms in total. The molecule has 2 heteroatoms. The first-order valence-electron chi connectivity index (χ1n) is 8.16. The standard InChI is InChI=1S/C18H27FO/c1-2-3-4-5-6-7-15-8-13-18(20-14-15)16-9-11-17(19)12-10-16/h9-12,15,18H,2-8,13-14H2,1H3. The van der Waals surface area contributed by atoms with Crippen molar-refractivity contribution < 1.29 is 9.13 Å². The van der Waals surface area contributed by atoms with Gasteiger partial charge in [-0.3, -0.25) is 0 Å². The second kappa shape index (κ2) is 8.41. The zero-order valence-corrected chi connectivity index (χ0v) is 12.6. The van der Waals surface area contributed by atoms with Crippen molar-refractivity contribution in [3.8, 4) is 0 Å². The van der Waals surface area contributed by atoms with Gasteiger partial charge in [-0.25, -0.2) is 4.39 Å². The van der Waals surface area contributed by atoms with Gasteiger partial charge in [0.15, 0.2) is 0 Å². The van der Waals surface area contributed by atoms with Crippen LogP contribution in [0.3, 0.4) is 0 Å². The van der Waals surface area contributed by atoms with Crippen molar-refractivity contribution in [3.05, 3.63) is 35.6 Å². The normalized spacial score (nSPS) is 22.9. The lowest BCUT2D eigenvalue weighted by Crippen LogP contribution is -2.20. The number of unbranched alkanes of at least 4 members (excludes halogenated alkanes) is 4. The number of hydrogen-bond acceptors (Lipinski definition) is 1. The maximum absolute atomic E-state index is 12.9. The number of ether oxygens (including phenoxy) is 1. The maximum Gasteiger partial charge on any atom is 0.123 e. The molecule has 1 fully saturated rings. The molecule has 0 aliphatic carbocycles. The lowest BCUT2D eigenvalue weighted by molar-refractivity contribution is -0.0199. The Morgan fingerprint density at radius 2 is 1.80 bits per heavy atom. The van der Waals surface area contributed by atoms with E-state index in [1.54, 1.807) is 0 Å². The highest BCUT2D eigenvalue weighted by Crippen LogP contribution is 2.32. The Hall–Kier alpha value is -0.890. The Bertz CT molecular complexity index is 366. The van der Waals surface area contributed by atoms with E-state index in [9.17, 15) is 4.39 Å². The summed E-state index contributed by atoms with van der Waals surface area (Å²) in [5.74, 6) is 0.558. The molecular weight excluding hydrogens is 251 g/mol. The lowest BCUT2D eigenvalue weighted by Gasteiger charge is -2.29. The second-order valence-corrected chi connectivity index (χ2v) is 6.02. The van der Waals surface area contributed by atoms with E-state index in [0.717, 1.165) is 24.5 Å². The molecule has 2 unspecified atom stereocenters. The molecule has 0 saturated carbocycles. The average Bonchev–Trinajstić information content (AvgIpc) is 2.49. The van der Waals surface area contributed by atoms with Gasteiger partial charge in [-0.15, -0.1) is 0 Å². The molecule has 1 aliphatic heterocycles. The van der Waals surface area contributed by atoms with Crippen molar-refractivity contribution >= 4 is 0 Å². The fraction of sp³-hybridized carbons (Fsp3) is 0.667. The number of halogens is 1. The van der Waals surface area contributed by atoms with Crippen molar-refractivity contribution in [2.24, 2.45) is 5.92 Å². The molecule has 2 atom stereocenters. The summed E-state index contributed by atoms with van der Waals surface area (Å²) < 4.78 is 18.9. The second-order valence-electron chi connectivity index (χ2n) is 6.02. The van der Waals surface area contributed by atoms with Crippen molar-refractivity contribution in [1.29, 1.82) is 0 Å². The molecular formula is C18H27FO. The van der Waals surface area contributed by atoms with Gasteiger partial charge in [0.25, 0.3) is 0 Å². The summed E-state index contributed by atoms with van der Waals surface area (Å²) in [6.07, 6.45) is 10.6. The third-order valence-corrected chi connectivity index (χ3v) is 4.33. The molecule has 0 amide bonds. The van der Waals surface area contributed by atoms with Gasteiger partial charge in [0.1, 0.15) is 5.82 Å². The van der Waals surface area contributed by atoms with Crippen molar-refractivity contribution in [3.63, 3.8) is 0 Å². The van der Waals surface area contributed by atoms with Gasteiger partial charge in [0.05, 0.1) is 12.7 Å². The Balaban J connectivity index is 1.66. The molecule has 0 spiro atoms. The van der Waals surface area contributed by atoms with Crippen molar-refractivity contribution in [2.75, 3.05) is 6.61 Å². The van der Waals surface area contributed by atoms with Crippen LogP contribution in [0, 0.1) is 11.7 Å². The van der Waals surface area contributed by atoms with Crippen LogP contribution >= 0.6 is 0 Å². The first-order valence-corrected chi connectivity index (χ1v) is 8.16. The van der Waals surface area contributed by atoms with Gasteiger partial charge in [0, 0.05) is 0 Å². The zero-order chi connectivity index (χ0) is 14.2. The van der Waals surface area contributed by atoms with Crippen molar-refractivity contribution in [2.45, 2.75) is 64.4 Å². The highest BCUT2D eigenvalue weighted by Gasteiger charge is 2.22. The van der Waals surface area contributed by atoms with Gasteiger partial charge in [-0.1, -0.05) is 51.2 Å². The number of benzene rings is 1. The topological polar surface area (TPSA) is 9.23 Å². The summed E-state index contributed by atoms with van der Waals surface area (Å²) >= 11 is 0. The fourth-order valence-corrected chi connectivity index (χ4v) is 3.01. The predicted molar refractivity (Wildman–Crippen MR) is 81.2 cm³/mol. The van der Waals surface area contributed by atoms with Crippen LogP contribution in [-0.4, -0.2) is 6.61 Å². The molecule has 1 heterocycles. The van der Waals surface area contributed by atoms with Crippen LogP contribution in [0.25, 0.3) is 0 Å². The third-order valence-electron chi connectivity index (χ3n) is 4.33.